The molecule has 3 aromatic carbocycles. The lowest BCUT2D eigenvalue weighted by atomic mass is 9.86. The van der Waals surface area contributed by atoms with Crippen molar-refractivity contribution in [3.05, 3.63) is 102 Å². The van der Waals surface area contributed by atoms with Crippen molar-refractivity contribution in [1.82, 2.24) is 4.40 Å². The van der Waals surface area contributed by atoms with Gasteiger partial charge in [0.15, 0.2) is 17.2 Å². The van der Waals surface area contributed by atoms with Gasteiger partial charge in [0.25, 0.3) is 0 Å². The Morgan fingerprint density at radius 2 is 1.68 bits per heavy atom. The predicted molar refractivity (Wildman–Crippen MR) is 126 cm³/mol. The second-order valence-electron chi connectivity index (χ2n) is 9.39. The van der Waals surface area contributed by atoms with Gasteiger partial charge in [-0.05, 0) is 48.5 Å². The molecule has 156 valence electrons. The molecule has 5 nitrogen and oxygen atoms in total. The van der Waals surface area contributed by atoms with Crippen molar-refractivity contribution in [3.8, 4) is 22.8 Å². The monoisotopic (exact) mass is 437 g/mol. The van der Waals surface area contributed by atoms with E-state index in [1.54, 1.807) is 6.26 Å². The van der Waals surface area contributed by atoms with Gasteiger partial charge in [-0.25, -0.2) is 0 Å². The number of fused-ring (bicyclic) bond motifs is 8. The van der Waals surface area contributed by atoms with Crippen molar-refractivity contribution in [3.63, 3.8) is 0 Å². The molecular formula is C29H15N3O2+2. The van der Waals surface area contributed by atoms with Crippen molar-refractivity contribution in [2.24, 2.45) is 0 Å². The summed E-state index contributed by atoms with van der Waals surface area (Å²) in [5, 5.41) is 3.54. The zero-order valence-electron chi connectivity index (χ0n) is 17.8. The minimum Gasteiger partial charge on any atom is -0.456 e. The number of para-hydroxylation sites is 2. The first kappa shape index (κ1) is 16.0. The molecule has 7 aromatic rings. The van der Waals surface area contributed by atoms with Gasteiger partial charge in [-0.2, -0.15) is 4.40 Å². The van der Waals surface area contributed by atoms with Crippen molar-refractivity contribution in [2.75, 3.05) is 0 Å². The Kier molecular flexibility index (Phi) is 2.28. The molecule has 1 unspecified atom stereocenters. The summed E-state index contributed by atoms with van der Waals surface area (Å²) in [5.41, 5.74) is 8.59. The molecular weight excluding hydrogens is 422 g/mol. The van der Waals surface area contributed by atoms with Crippen LogP contribution in [-0.2, 0) is 5.66 Å². The van der Waals surface area contributed by atoms with E-state index in [4.69, 9.17) is 9.15 Å². The molecule has 0 saturated heterocycles. The second-order valence-corrected chi connectivity index (χ2v) is 9.39. The Balaban J connectivity index is 1.63. The smallest absolute Gasteiger partial charge is 0.372 e. The fourth-order valence-corrected chi connectivity index (χ4v) is 7.03. The van der Waals surface area contributed by atoms with Crippen LogP contribution in [0.4, 0.5) is 0 Å². The van der Waals surface area contributed by atoms with Crippen LogP contribution in [-0.4, -0.2) is 4.40 Å². The molecule has 7 heterocycles. The minimum absolute atomic E-state index is 0.564. The van der Waals surface area contributed by atoms with Crippen LogP contribution in [0.1, 0.15) is 11.1 Å². The van der Waals surface area contributed by atoms with Gasteiger partial charge in [-0.1, -0.05) is 18.2 Å². The second kappa shape index (κ2) is 4.82. The molecule has 5 heteroatoms. The fourth-order valence-electron chi connectivity index (χ4n) is 7.03. The van der Waals surface area contributed by atoms with Crippen molar-refractivity contribution in [1.29, 1.82) is 0 Å². The third-order valence-electron chi connectivity index (χ3n) is 8.07. The van der Waals surface area contributed by atoms with Crippen LogP contribution in [0.15, 0.2) is 95.7 Å². The van der Waals surface area contributed by atoms with Crippen LogP contribution in [0, 0.1) is 0 Å². The summed E-state index contributed by atoms with van der Waals surface area (Å²) < 4.78 is 20.0. The van der Waals surface area contributed by atoms with Crippen LogP contribution >= 0.6 is 0 Å². The Labute approximate surface area is 192 Å². The predicted octanol–water partition coefficient (Wildman–Crippen LogP) is 5.26. The lowest BCUT2D eigenvalue weighted by Gasteiger charge is -2.28. The van der Waals surface area contributed by atoms with Crippen LogP contribution in [0.3, 0.4) is 0 Å². The number of pyridine rings is 2. The maximum atomic E-state index is 6.63. The molecule has 4 aromatic heterocycles. The van der Waals surface area contributed by atoms with Gasteiger partial charge >= 0.3 is 17.0 Å². The highest BCUT2D eigenvalue weighted by Gasteiger charge is 2.68. The highest BCUT2D eigenvalue weighted by atomic mass is 16.5. The highest BCUT2D eigenvalue weighted by Crippen LogP contribution is 2.57. The van der Waals surface area contributed by atoms with Crippen molar-refractivity contribution >= 4 is 38.6 Å². The van der Waals surface area contributed by atoms with Crippen molar-refractivity contribution in [2.45, 2.75) is 5.66 Å². The summed E-state index contributed by atoms with van der Waals surface area (Å²) in [5.74, 6) is 1.83. The molecule has 1 atom stereocenters. The normalized spacial score (nSPS) is 18.4. The van der Waals surface area contributed by atoms with Gasteiger partial charge in [0.1, 0.15) is 22.6 Å². The largest absolute Gasteiger partial charge is 0.456 e. The summed E-state index contributed by atoms with van der Waals surface area (Å²) in [7, 11) is 0. The fraction of sp³-hybridized carbons (Fsp3) is 0.0345. The molecule has 34 heavy (non-hydrogen) atoms. The summed E-state index contributed by atoms with van der Waals surface area (Å²) in [6.45, 7) is 0. The first-order valence-corrected chi connectivity index (χ1v) is 11.5. The van der Waals surface area contributed by atoms with Gasteiger partial charge in [0, 0.05) is 17.5 Å². The van der Waals surface area contributed by atoms with Crippen LogP contribution in [0.25, 0.3) is 49.8 Å². The zero-order chi connectivity index (χ0) is 21.8. The van der Waals surface area contributed by atoms with E-state index in [0.717, 1.165) is 33.8 Å². The quantitative estimate of drug-likeness (QED) is 0.303. The Bertz CT molecular complexity index is 2120. The Morgan fingerprint density at radius 3 is 2.68 bits per heavy atom. The van der Waals surface area contributed by atoms with E-state index in [1.807, 2.05) is 0 Å². The van der Waals surface area contributed by atoms with E-state index in [9.17, 15) is 0 Å². The maximum absolute atomic E-state index is 6.63. The van der Waals surface area contributed by atoms with Crippen molar-refractivity contribution < 1.29 is 18.3 Å². The zero-order valence-corrected chi connectivity index (χ0v) is 17.8. The topological polar surface area (TPSA) is 34.5 Å². The number of ether oxygens (including phenoxy) is 1. The van der Waals surface area contributed by atoms with Gasteiger partial charge in [0.2, 0.25) is 5.69 Å². The number of benzene rings is 3. The van der Waals surface area contributed by atoms with E-state index in [0.29, 0.717) is 0 Å². The summed E-state index contributed by atoms with van der Waals surface area (Å²) in [6.07, 6.45) is 4.01. The van der Waals surface area contributed by atoms with Crippen LogP contribution in [0.2, 0.25) is 0 Å². The SMILES string of the molecule is c1cc2c3c(c1)-c1cccc[n+]1C31c3c(ccc4c5ccoc5n5c6ccccc6[n+]1c5c34)O2. The molecule has 0 fully saturated rings. The first-order chi connectivity index (χ1) is 16.9. The average Bonchev–Trinajstić information content (AvgIpc) is 3.63. The third kappa shape index (κ3) is 1.36. The summed E-state index contributed by atoms with van der Waals surface area (Å²) in [6, 6.07) is 27.9. The average molecular weight is 437 g/mol. The van der Waals surface area contributed by atoms with E-state index in [2.05, 4.69) is 98.6 Å². The number of hydrogen-bond acceptors (Lipinski definition) is 2. The number of furan rings is 1. The molecule has 0 radical (unpaired) electrons. The molecule has 0 aliphatic carbocycles. The Hall–Kier alpha value is -4.64. The van der Waals surface area contributed by atoms with Gasteiger partial charge in [-0.15, -0.1) is 9.13 Å². The van der Waals surface area contributed by atoms with Gasteiger partial charge in [0.05, 0.1) is 22.6 Å². The van der Waals surface area contributed by atoms with Gasteiger partial charge < -0.3 is 9.15 Å². The number of nitrogens with zero attached hydrogens (tertiary/aromatic N) is 3. The number of imidazole rings is 1. The number of hydrogen-bond donors (Lipinski definition) is 0. The summed E-state index contributed by atoms with van der Waals surface area (Å²) in [4.78, 5) is 0. The third-order valence-corrected chi connectivity index (χ3v) is 8.07. The van der Waals surface area contributed by atoms with E-state index < -0.39 is 5.66 Å². The van der Waals surface area contributed by atoms with E-state index in [1.165, 1.54) is 38.7 Å². The van der Waals surface area contributed by atoms with E-state index in [-0.39, 0.29) is 0 Å². The highest BCUT2D eigenvalue weighted by molar-refractivity contribution is 6.15. The molecule has 10 rings (SSSR count). The maximum Gasteiger partial charge on any atom is 0.372 e. The molecule has 0 bridgehead atoms. The molecule has 0 amide bonds. The summed E-state index contributed by atoms with van der Waals surface area (Å²) >= 11 is 0. The minimum atomic E-state index is -0.564. The van der Waals surface area contributed by atoms with E-state index >= 15 is 0 Å². The Morgan fingerprint density at radius 1 is 0.765 bits per heavy atom. The van der Waals surface area contributed by atoms with Crippen LogP contribution < -0.4 is 13.9 Å². The molecule has 1 spiro atoms. The lowest BCUT2D eigenvalue weighted by Crippen LogP contribution is -2.71. The number of rotatable bonds is 0. The standard InChI is InChI=1S/C29H15N3O2/c1-2-9-21-20(8-1)31-27-24-16(17-13-15-33-28(17)31)11-12-23-26(24)29(32(21)27)25-18(6-5-10-22(25)34-23)19-7-3-4-14-30(19)29/h1-15H/q+2. The molecule has 3 aliphatic heterocycles. The lowest BCUT2D eigenvalue weighted by molar-refractivity contribution is -0.940. The first-order valence-electron chi connectivity index (χ1n) is 11.5. The molecule has 0 N–H and O–H groups in total. The molecule has 3 aliphatic rings. The molecule has 0 saturated carbocycles. The number of aromatic nitrogens is 3. The van der Waals surface area contributed by atoms with Gasteiger partial charge in [-0.3, -0.25) is 0 Å². The van der Waals surface area contributed by atoms with Crippen LogP contribution in [0.5, 0.6) is 11.5 Å².